The van der Waals surface area contributed by atoms with Crippen LogP contribution >= 0.6 is 0 Å². The van der Waals surface area contributed by atoms with Gasteiger partial charge in [0, 0.05) is 18.4 Å². The van der Waals surface area contributed by atoms with Crippen LogP contribution in [0.15, 0.2) is 75.9 Å². The van der Waals surface area contributed by atoms with Crippen molar-refractivity contribution >= 4 is 5.78 Å². The van der Waals surface area contributed by atoms with Gasteiger partial charge < -0.3 is 14.9 Å². The van der Waals surface area contributed by atoms with Gasteiger partial charge in [0.2, 0.25) is 5.88 Å². The van der Waals surface area contributed by atoms with E-state index >= 15 is 0 Å². The van der Waals surface area contributed by atoms with Crippen molar-refractivity contribution in [2.24, 2.45) is 5.73 Å². The number of ether oxygens (including phenoxy) is 1. The fraction of sp³-hybridized carbons (Fsp3) is 0.200. The minimum absolute atomic E-state index is 0.0308. The zero-order valence-corrected chi connectivity index (χ0v) is 13.4. The number of ketones is 1. The topological polar surface area (TPSA) is 89.3 Å². The number of allylic oxidation sites excluding steroid dienone is 3. The van der Waals surface area contributed by atoms with E-state index in [-0.39, 0.29) is 23.2 Å². The van der Waals surface area contributed by atoms with Crippen LogP contribution < -0.4 is 5.73 Å². The van der Waals surface area contributed by atoms with Crippen LogP contribution in [-0.2, 0) is 9.53 Å². The lowest BCUT2D eigenvalue weighted by Gasteiger charge is -2.33. The van der Waals surface area contributed by atoms with Crippen molar-refractivity contribution in [2.75, 3.05) is 0 Å². The molecule has 2 atom stereocenters. The lowest BCUT2D eigenvalue weighted by atomic mass is 9.75. The van der Waals surface area contributed by atoms with Crippen LogP contribution in [-0.4, -0.2) is 5.78 Å². The molecule has 0 saturated carbocycles. The standard InChI is InChI=1S/C20H16N2O3/c21-11-14-18(16-7-4-8-24-16)19-15(23)9-13(10-17(19)25-20(14)22)12-5-2-1-3-6-12/h1-8,13,18H,9-10,22H2/t13-,18+/m1/s1. The molecular formula is C20H16N2O3. The van der Waals surface area contributed by atoms with Crippen LogP contribution in [0.25, 0.3) is 0 Å². The Kier molecular flexibility index (Phi) is 3.66. The van der Waals surface area contributed by atoms with Gasteiger partial charge in [-0.2, -0.15) is 5.26 Å². The summed E-state index contributed by atoms with van der Waals surface area (Å²) in [6.07, 6.45) is 2.47. The number of carbonyl (C=O) groups is 1. The van der Waals surface area contributed by atoms with Gasteiger partial charge in [0.25, 0.3) is 0 Å². The molecule has 0 fully saturated rings. The molecule has 5 heteroatoms. The molecule has 1 aromatic carbocycles. The maximum Gasteiger partial charge on any atom is 0.205 e. The van der Waals surface area contributed by atoms with E-state index in [1.165, 1.54) is 6.26 Å². The van der Waals surface area contributed by atoms with Crippen LogP contribution in [0.2, 0.25) is 0 Å². The lowest BCUT2D eigenvalue weighted by molar-refractivity contribution is -0.117. The van der Waals surface area contributed by atoms with Gasteiger partial charge in [0.15, 0.2) is 5.78 Å². The van der Waals surface area contributed by atoms with Crippen molar-refractivity contribution in [1.82, 2.24) is 0 Å². The van der Waals surface area contributed by atoms with Gasteiger partial charge >= 0.3 is 0 Å². The van der Waals surface area contributed by atoms with E-state index in [1.54, 1.807) is 12.1 Å². The predicted octanol–water partition coefficient (Wildman–Crippen LogP) is 3.49. The Morgan fingerprint density at radius 2 is 1.92 bits per heavy atom. The molecule has 0 unspecified atom stereocenters. The van der Waals surface area contributed by atoms with E-state index in [0.29, 0.717) is 29.9 Å². The van der Waals surface area contributed by atoms with Crippen LogP contribution in [0.3, 0.4) is 0 Å². The molecular weight excluding hydrogens is 316 g/mol. The first-order chi connectivity index (χ1) is 12.2. The average Bonchev–Trinajstić information content (AvgIpc) is 3.15. The first-order valence-corrected chi connectivity index (χ1v) is 8.11. The summed E-state index contributed by atoms with van der Waals surface area (Å²) >= 11 is 0. The van der Waals surface area contributed by atoms with E-state index in [1.807, 2.05) is 30.3 Å². The summed E-state index contributed by atoms with van der Waals surface area (Å²) in [5.74, 6) is 0.542. The fourth-order valence-corrected chi connectivity index (χ4v) is 3.61. The number of benzene rings is 1. The molecule has 124 valence electrons. The van der Waals surface area contributed by atoms with Gasteiger partial charge in [0.1, 0.15) is 23.2 Å². The van der Waals surface area contributed by atoms with Crippen molar-refractivity contribution in [1.29, 1.82) is 5.26 Å². The number of nitriles is 1. The number of hydrogen-bond acceptors (Lipinski definition) is 5. The summed E-state index contributed by atoms with van der Waals surface area (Å²) in [5, 5.41) is 9.49. The summed E-state index contributed by atoms with van der Waals surface area (Å²) in [7, 11) is 0. The molecule has 1 aliphatic heterocycles. The van der Waals surface area contributed by atoms with Crippen LogP contribution in [0, 0.1) is 11.3 Å². The highest BCUT2D eigenvalue weighted by Crippen LogP contribution is 2.46. The second-order valence-corrected chi connectivity index (χ2v) is 6.22. The first-order valence-electron chi connectivity index (χ1n) is 8.11. The second kappa shape index (κ2) is 5.99. The van der Waals surface area contributed by atoms with Crippen molar-refractivity contribution in [3.63, 3.8) is 0 Å². The summed E-state index contributed by atoms with van der Waals surface area (Å²) < 4.78 is 11.2. The molecule has 2 N–H and O–H groups in total. The van der Waals surface area contributed by atoms with Crippen molar-refractivity contribution < 1.29 is 13.9 Å². The molecule has 2 aromatic rings. The largest absolute Gasteiger partial charge is 0.468 e. The quantitative estimate of drug-likeness (QED) is 0.909. The normalized spacial score (nSPS) is 23.1. The molecule has 1 aromatic heterocycles. The Bertz CT molecular complexity index is 918. The van der Waals surface area contributed by atoms with Gasteiger partial charge in [-0.3, -0.25) is 4.79 Å². The Hall–Kier alpha value is -3.26. The molecule has 2 heterocycles. The molecule has 0 bridgehead atoms. The third kappa shape index (κ3) is 2.52. The van der Waals surface area contributed by atoms with Gasteiger partial charge in [-0.15, -0.1) is 0 Å². The van der Waals surface area contributed by atoms with Crippen molar-refractivity contribution in [3.05, 3.63) is 82.8 Å². The molecule has 4 rings (SSSR count). The molecule has 5 nitrogen and oxygen atoms in total. The Morgan fingerprint density at radius 3 is 2.60 bits per heavy atom. The summed E-state index contributed by atoms with van der Waals surface area (Å²) in [6, 6.07) is 15.4. The first kappa shape index (κ1) is 15.3. The molecule has 0 spiro atoms. The second-order valence-electron chi connectivity index (χ2n) is 6.22. The number of carbonyl (C=O) groups excluding carboxylic acids is 1. The summed E-state index contributed by atoms with van der Waals surface area (Å²) in [4.78, 5) is 12.9. The Labute approximate surface area is 145 Å². The highest BCUT2D eigenvalue weighted by atomic mass is 16.5. The number of Topliss-reactive ketones (excluding diaryl/α,β-unsaturated/α-hetero) is 1. The lowest BCUT2D eigenvalue weighted by Crippen LogP contribution is -2.29. The summed E-state index contributed by atoms with van der Waals surface area (Å²) in [5.41, 5.74) is 7.78. The highest BCUT2D eigenvalue weighted by molar-refractivity contribution is 6.00. The molecule has 2 aliphatic rings. The molecule has 1 aliphatic carbocycles. The maximum absolute atomic E-state index is 12.9. The molecule has 0 amide bonds. The third-order valence-corrected chi connectivity index (χ3v) is 4.76. The predicted molar refractivity (Wildman–Crippen MR) is 89.8 cm³/mol. The van der Waals surface area contributed by atoms with Crippen LogP contribution in [0.4, 0.5) is 0 Å². The zero-order chi connectivity index (χ0) is 17.4. The molecule has 25 heavy (non-hydrogen) atoms. The SMILES string of the molecule is N#CC1=C(N)OC2=C(C(=O)C[C@@H](c3ccccc3)C2)[C@@H]1c1ccco1. The monoisotopic (exact) mass is 332 g/mol. The van der Waals surface area contributed by atoms with Crippen LogP contribution in [0.5, 0.6) is 0 Å². The molecule has 0 saturated heterocycles. The number of nitrogens with two attached hydrogens (primary N) is 1. The number of rotatable bonds is 2. The zero-order valence-electron chi connectivity index (χ0n) is 13.4. The van der Waals surface area contributed by atoms with E-state index < -0.39 is 5.92 Å². The smallest absolute Gasteiger partial charge is 0.205 e. The van der Waals surface area contributed by atoms with Gasteiger partial charge in [-0.1, -0.05) is 30.3 Å². The number of nitrogens with zero attached hydrogens (tertiary/aromatic N) is 1. The third-order valence-electron chi connectivity index (χ3n) is 4.76. The van der Waals surface area contributed by atoms with Gasteiger partial charge in [0.05, 0.1) is 12.2 Å². The van der Waals surface area contributed by atoms with Crippen LogP contribution in [0.1, 0.15) is 36.0 Å². The van der Waals surface area contributed by atoms with E-state index in [2.05, 4.69) is 6.07 Å². The highest BCUT2D eigenvalue weighted by Gasteiger charge is 2.41. The fourth-order valence-electron chi connectivity index (χ4n) is 3.61. The Morgan fingerprint density at radius 1 is 1.12 bits per heavy atom. The number of hydrogen-bond donors (Lipinski definition) is 1. The Balaban J connectivity index is 1.78. The molecule has 0 radical (unpaired) electrons. The van der Waals surface area contributed by atoms with E-state index in [4.69, 9.17) is 14.9 Å². The number of furan rings is 1. The van der Waals surface area contributed by atoms with Crippen molar-refractivity contribution in [2.45, 2.75) is 24.7 Å². The van der Waals surface area contributed by atoms with E-state index in [9.17, 15) is 10.1 Å². The minimum atomic E-state index is -0.590. The minimum Gasteiger partial charge on any atom is -0.468 e. The van der Waals surface area contributed by atoms with Gasteiger partial charge in [-0.25, -0.2) is 0 Å². The summed E-state index contributed by atoms with van der Waals surface area (Å²) in [6.45, 7) is 0. The van der Waals surface area contributed by atoms with Gasteiger partial charge in [-0.05, 0) is 23.6 Å². The van der Waals surface area contributed by atoms with Crippen molar-refractivity contribution in [3.8, 4) is 6.07 Å². The maximum atomic E-state index is 12.9. The average molecular weight is 332 g/mol. The van der Waals surface area contributed by atoms with E-state index in [0.717, 1.165) is 5.56 Å².